The average Bonchev–Trinajstić information content (AvgIpc) is 2.40. The predicted octanol–water partition coefficient (Wildman–Crippen LogP) is 3.07. The molecule has 0 heterocycles. The van der Waals surface area contributed by atoms with Crippen LogP contribution in [0.1, 0.15) is 57.8 Å². The van der Waals surface area contributed by atoms with Gasteiger partial charge >= 0.3 is 5.97 Å². The van der Waals surface area contributed by atoms with Gasteiger partial charge in [0.15, 0.2) is 0 Å². The maximum Gasteiger partial charge on any atom is 0.308 e. The molecule has 2 rings (SSSR count). The van der Waals surface area contributed by atoms with Gasteiger partial charge in [-0.1, -0.05) is 19.3 Å². The van der Waals surface area contributed by atoms with Crippen molar-refractivity contribution in [2.45, 2.75) is 70.0 Å². The summed E-state index contributed by atoms with van der Waals surface area (Å²) in [6.45, 7) is 0. The summed E-state index contributed by atoms with van der Waals surface area (Å²) in [4.78, 5) is 11.4. The minimum Gasteiger partial charge on any atom is -0.469 e. The molecule has 0 radical (unpaired) electrons. The first-order valence-corrected chi connectivity index (χ1v) is 7.03. The molecule has 0 N–H and O–H groups in total. The monoisotopic (exact) mass is 240 g/mol. The fourth-order valence-corrected chi connectivity index (χ4v) is 3.07. The molecule has 2 aliphatic rings. The van der Waals surface area contributed by atoms with E-state index in [0.717, 1.165) is 25.7 Å². The first kappa shape index (κ1) is 12.9. The lowest BCUT2D eigenvalue weighted by Crippen LogP contribution is -2.30. The lowest BCUT2D eigenvalue weighted by atomic mass is 9.87. The third-order valence-electron chi connectivity index (χ3n) is 4.15. The summed E-state index contributed by atoms with van der Waals surface area (Å²) in [5, 5.41) is 0. The Morgan fingerprint density at radius 3 is 2.06 bits per heavy atom. The highest BCUT2D eigenvalue weighted by atomic mass is 16.5. The Morgan fingerprint density at radius 2 is 1.47 bits per heavy atom. The van der Waals surface area contributed by atoms with Gasteiger partial charge in [0.25, 0.3) is 0 Å². The summed E-state index contributed by atoms with van der Waals surface area (Å²) in [6, 6.07) is 0. The molecule has 0 saturated heterocycles. The van der Waals surface area contributed by atoms with Crippen LogP contribution >= 0.6 is 0 Å². The zero-order chi connectivity index (χ0) is 12.1. The zero-order valence-electron chi connectivity index (χ0n) is 10.8. The predicted molar refractivity (Wildman–Crippen MR) is 65.7 cm³/mol. The molecule has 0 amide bonds. The summed E-state index contributed by atoms with van der Waals surface area (Å²) in [7, 11) is 1.48. The van der Waals surface area contributed by atoms with Gasteiger partial charge in [-0.05, 0) is 38.5 Å². The van der Waals surface area contributed by atoms with E-state index < -0.39 is 0 Å². The van der Waals surface area contributed by atoms with E-state index in [1.165, 1.54) is 39.2 Å². The van der Waals surface area contributed by atoms with Crippen LogP contribution in [-0.4, -0.2) is 25.3 Å². The summed E-state index contributed by atoms with van der Waals surface area (Å²) in [6.07, 6.45) is 11.3. The molecule has 2 aliphatic carbocycles. The molecule has 0 spiro atoms. The zero-order valence-corrected chi connectivity index (χ0v) is 10.8. The molecule has 2 saturated carbocycles. The maximum absolute atomic E-state index is 11.4. The Hall–Kier alpha value is -0.570. The highest BCUT2D eigenvalue weighted by Gasteiger charge is 2.29. The molecular formula is C14H24O3. The summed E-state index contributed by atoms with van der Waals surface area (Å²) >= 11 is 0. The van der Waals surface area contributed by atoms with Crippen molar-refractivity contribution in [2.24, 2.45) is 5.92 Å². The number of rotatable bonds is 3. The molecule has 0 atom stereocenters. The maximum atomic E-state index is 11.4. The SMILES string of the molecule is COC(=O)C1CCC(OC2CCCCC2)CC1. The van der Waals surface area contributed by atoms with Gasteiger partial charge in [0, 0.05) is 0 Å². The molecule has 0 aliphatic heterocycles. The van der Waals surface area contributed by atoms with Crippen LogP contribution in [-0.2, 0) is 14.3 Å². The average molecular weight is 240 g/mol. The number of ether oxygens (including phenoxy) is 2. The van der Waals surface area contributed by atoms with E-state index >= 15 is 0 Å². The Kier molecular flexibility index (Phi) is 4.84. The molecule has 0 bridgehead atoms. The Balaban J connectivity index is 1.69. The lowest BCUT2D eigenvalue weighted by molar-refractivity contribution is -0.148. The van der Waals surface area contributed by atoms with Crippen LogP contribution in [0, 0.1) is 5.92 Å². The standard InChI is InChI=1S/C14H24O3/c1-16-14(15)11-7-9-13(10-8-11)17-12-5-3-2-4-6-12/h11-13H,2-10H2,1H3. The third-order valence-corrected chi connectivity index (χ3v) is 4.15. The number of carbonyl (C=O) groups excluding carboxylic acids is 1. The van der Waals surface area contributed by atoms with Crippen molar-refractivity contribution in [3.63, 3.8) is 0 Å². The molecular weight excluding hydrogens is 216 g/mol. The van der Waals surface area contributed by atoms with Crippen molar-refractivity contribution in [3.05, 3.63) is 0 Å². The first-order valence-electron chi connectivity index (χ1n) is 7.03. The largest absolute Gasteiger partial charge is 0.469 e. The molecule has 0 aromatic carbocycles. The second kappa shape index (κ2) is 6.39. The van der Waals surface area contributed by atoms with Gasteiger partial charge < -0.3 is 9.47 Å². The van der Waals surface area contributed by atoms with Crippen molar-refractivity contribution < 1.29 is 14.3 Å². The van der Waals surface area contributed by atoms with E-state index in [9.17, 15) is 4.79 Å². The number of hydrogen-bond acceptors (Lipinski definition) is 3. The highest BCUT2D eigenvalue weighted by molar-refractivity contribution is 5.72. The minimum atomic E-state index is -0.0406. The fourth-order valence-electron chi connectivity index (χ4n) is 3.07. The highest BCUT2D eigenvalue weighted by Crippen LogP contribution is 2.30. The number of esters is 1. The fraction of sp³-hybridized carbons (Fsp3) is 0.929. The smallest absolute Gasteiger partial charge is 0.308 e. The molecule has 17 heavy (non-hydrogen) atoms. The Bertz CT molecular complexity index is 238. The second-order valence-electron chi connectivity index (χ2n) is 5.39. The van der Waals surface area contributed by atoms with Crippen LogP contribution in [0.5, 0.6) is 0 Å². The summed E-state index contributed by atoms with van der Waals surface area (Å²) in [5.41, 5.74) is 0. The lowest BCUT2D eigenvalue weighted by Gasteiger charge is -2.32. The molecule has 0 unspecified atom stereocenters. The van der Waals surface area contributed by atoms with Crippen LogP contribution in [0.2, 0.25) is 0 Å². The van der Waals surface area contributed by atoms with Crippen LogP contribution in [0.4, 0.5) is 0 Å². The van der Waals surface area contributed by atoms with Gasteiger partial charge in [0.1, 0.15) is 0 Å². The van der Waals surface area contributed by atoms with Crippen molar-refractivity contribution in [2.75, 3.05) is 7.11 Å². The van der Waals surface area contributed by atoms with Gasteiger partial charge in [-0.2, -0.15) is 0 Å². The van der Waals surface area contributed by atoms with E-state index in [-0.39, 0.29) is 11.9 Å². The van der Waals surface area contributed by atoms with Crippen LogP contribution < -0.4 is 0 Å². The van der Waals surface area contributed by atoms with Crippen LogP contribution in [0.3, 0.4) is 0 Å². The van der Waals surface area contributed by atoms with E-state index in [1.807, 2.05) is 0 Å². The van der Waals surface area contributed by atoms with Crippen molar-refractivity contribution >= 4 is 5.97 Å². The molecule has 98 valence electrons. The van der Waals surface area contributed by atoms with Crippen LogP contribution in [0.25, 0.3) is 0 Å². The van der Waals surface area contributed by atoms with Gasteiger partial charge in [0.2, 0.25) is 0 Å². The number of methoxy groups -OCH3 is 1. The number of carbonyl (C=O) groups is 1. The normalized spacial score (nSPS) is 31.1. The second-order valence-corrected chi connectivity index (χ2v) is 5.39. The number of hydrogen-bond donors (Lipinski definition) is 0. The first-order chi connectivity index (χ1) is 8.29. The van der Waals surface area contributed by atoms with Crippen molar-refractivity contribution in [3.8, 4) is 0 Å². The summed E-state index contributed by atoms with van der Waals surface area (Å²) in [5.74, 6) is 0.0762. The van der Waals surface area contributed by atoms with E-state index in [0.29, 0.717) is 12.2 Å². The minimum absolute atomic E-state index is 0.0406. The van der Waals surface area contributed by atoms with Crippen molar-refractivity contribution in [1.82, 2.24) is 0 Å². The Labute approximate surface area is 104 Å². The molecule has 3 heteroatoms. The van der Waals surface area contributed by atoms with Gasteiger partial charge in [-0.3, -0.25) is 4.79 Å². The van der Waals surface area contributed by atoms with E-state index in [2.05, 4.69) is 0 Å². The van der Waals surface area contributed by atoms with E-state index in [4.69, 9.17) is 9.47 Å². The van der Waals surface area contributed by atoms with Gasteiger partial charge in [-0.15, -0.1) is 0 Å². The molecule has 2 fully saturated rings. The van der Waals surface area contributed by atoms with E-state index in [1.54, 1.807) is 0 Å². The van der Waals surface area contributed by atoms with Crippen LogP contribution in [0.15, 0.2) is 0 Å². The van der Waals surface area contributed by atoms with Crippen molar-refractivity contribution in [1.29, 1.82) is 0 Å². The molecule has 0 aromatic rings. The topological polar surface area (TPSA) is 35.5 Å². The third kappa shape index (κ3) is 3.70. The summed E-state index contributed by atoms with van der Waals surface area (Å²) < 4.78 is 10.9. The Morgan fingerprint density at radius 1 is 0.882 bits per heavy atom. The quantitative estimate of drug-likeness (QED) is 0.711. The van der Waals surface area contributed by atoms with Gasteiger partial charge in [-0.25, -0.2) is 0 Å². The van der Waals surface area contributed by atoms with Gasteiger partial charge in [0.05, 0.1) is 25.2 Å². The molecule has 3 nitrogen and oxygen atoms in total. The molecule has 0 aromatic heterocycles.